The summed E-state index contributed by atoms with van der Waals surface area (Å²) in [5, 5.41) is 0. The largest absolute Gasteiger partial charge is 0.363 e. The van der Waals surface area contributed by atoms with Crippen LogP contribution in [0.1, 0.15) is 10.4 Å². The first-order valence-electron chi connectivity index (χ1n) is 3.28. The Balaban J connectivity index is 3.03. The monoisotopic (exact) mass is 252 g/mol. The van der Waals surface area contributed by atoms with Crippen molar-refractivity contribution in [1.29, 1.82) is 0 Å². The van der Waals surface area contributed by atoms with Gasteiger partial charge in [-0.1, -0.05) is 12.1 Å². The van der Waals surface area contributed by atoms with Crippen molar-refractivity contribution >= 4 is 21.7 Å². The Morgan fingerprint density at radius 3 is 2.46 bits per heavy atom. The van der Waals surface area contributed by atoms with Crippen molar-refractivity contribution in [3.8, 4) is 0 Å². The summed E-state index contributed by atoms with van der Waals surface area (Å²) in [5.41, 5.74) is -0.359. The molecule has 0 saturated heterocycles. The van der Waals surface area contributed by atoms with Gasteiger partial charge in [-0.2, -0.15) is 8.78 Å². The van der Waals surface area contributed by atoms with Gasteiger partial charge in [0.1, 0.15) is 5.82 Å². The zero-order valence-corrected chi connectivity index (χ0v) is 7.82. The van der Waals surface area contributed by atoms with Crippen molar-refractivity contribution in [1.82, 2.24) is 0 Å². The third-order valence-corrected chi connectivity index (χ3v) is 1.70. The van der Waals surface area contributed by atoms with E-state index < -0.39 is 16.4 Å². The van der Waals surface area contributed by atoms with Crippen molar-refractivity contribution < 1.29 is 18.0 Å². The second-order valence-corrected chi connectivity index (χ2v) is 3.33. The molecule has 0 aromatic heterocycles. The van der Waals surface area contributed by atoms with E-state index in [9.17, 15) is 18.0 Å². The van der Waals surface area contributed by atoms with Gasteiger partial charge in [0, 0.05) is 5.56 Å². The fourth-order valence-corrected chi connectivity index (χ4v) is 1.02. The number of Topliss-reactive ketones (excluding diaryl/α,β-unsaturated/α-hetero) is 1. The molecule has 0 heterocycles. The van der Waals surface area contributed by atoms with Crippen LogP contribution >= 0.6 is 15.9 Å². The van der Waals surface area contributed by atoms with Crippen LogP contribution in [-0.4, -0.2) is 10.6 Å². The SMILES string of the molecule is O=C(c1cccc(F)c1)C(F)(F)Br. The molecule has 0 aliphatic heterocycles. The molecule has 0 unspecified atom stereocenters. The molecule has 1 aromatic rings. The smallest absolute Gasteiger partial charge is 0.286 e. The van der Waals surface area contributed by atoms with Crippen LogP contribution in [0.25, 0.3) is 0 Å². The number of carbonyl (C=O) groups excluding carboxylic acids is 1. The van der Waals surface area contributed by atoms with Gasteiger partial charge in [0.05, 0.1) is 0 Å². The van der Waals surface area contributed by atoms with Gasteiger partial charge in [0.2, 0.25) is 5.78 Å². The van der Waals surface area contributed by atoms with E-state index in [1.54, 1.807) is 0 Å². The summed E-state index contributed by atoms with van der Waals surface area (Å²) in [6, 6.07) is 4.16. The van der Waals surface area contributed by atoms with Gasteiger partial charge < -0.3 is 0 Å². The van der Waals surface area contributed by atoms with E-state index in [-0.39, 0.29) is 5.56 Å². The van der Waals surface area contributed by atoms with Crippen molar-refractivity contribution in [2.24, 2.45) is 0 Å². The molecule has 0 spiro atoms. The second kappa shape index (κ2) is 3.49. The average molecular weight is 253 g/mol. The molecule has 5 heteroatoms. The Bertz CT molecular complexity index is 332. The van der Waals surface area contributed by atoms with Crippen LogP contribution in [0.3, 0.4) is 0 Å². The first kappa shape index (κ1) is 10.2. The van der Waals surface area contributed by atoms with E-state index in [2.05, 4.69) is 0 Å². The molecule has 0 fully saturated rings. The Morgan fingerprint density at radius 1 is 1.38 bits per heavy atom. The molecular formula is C8H4BrF3O. The summed E-state index contributed by atoms with van der Waals surface area (Å²) < 4.78 is 37.3. The van der Waals surface area contributed by atoms with Gasteiger partial charge in [-0.25, -0.2) is 4.39 Å². The van der Waals surface area contributed by atoms with Gasteiger partial charge in [0.15, 0.2) is 0 Å². The summed E-state index contributed by atoms with van der Waals surface area (Å²) in [4.78, 5) is 7.22. The maximum absolute atomic E-state index is 12.5. The minimum atomic E-state index is -3.64. The Hall–Kier alpha value is -0.840. The predicted octanol–water partition coefficient (Wildman–Crippen LogP) is 3.00. The van der Waals surface area contributed by atoms with Crippen molar-refractivity contribution in [3.05, 3.63) is 35.6 Å². The van der Waals surface area contributed by atoms with E-state index in [1.165, 1.54) is 6.07 Å². The van der Waals surface area contributed by atoms with Crippen LogP contribution in [0, 0.1) is 5.82 Å². The number of benzene rings is 1. The Labute approximate surface area is 80.7 Å². The summed E-state index contributed by atoms with van der Waals surface area (Å²) in [6.45, 7) is 0. The molecule has 0 N–H and O–H groups in total. The number of rotatable bonds is 2. The zero-order valence-electron chi connectivity index (χ0n) is 6.23. The number of carbonyl (C=O) groups is 1. The predicted molar refractivity (Wildman–Crippen MR) is 44.6 cm³/mol. The molecule has 0 saturated carbocycles. The van der Waals surface area contributed by atoms with Gasteiger partial charge >= 0.3 is 4.83 Å². The van der Waals surface area contributed by atoms with Crippen LogP contribution in [0.15, 0.2) is 24.3 Å². The maximum Gasteiger partial charge on any atom is 0.363 e. The molecule has 0 amide bonds. The van der Waals surface area contributed by atoms with E-state index in [0.29, 0.717) is 0 Å². The zero-order chi connectivity index (χ0) is 10.1. The summed E-state index contributed by atoms with van der Waals surface area (Å²) in [7, 11) is 0. The van der Waals surface area contributed by atoms with E-state index in [1.807, 2.05) is 15.9 Å². The molecule has 1 nitrogen and oxygen atoms in total. The normalized spacial score (nSPS) is 11.4. The number of hydrogen-bond acceptors (Lipinski definition) is 1. The first-order valence-corrected chi connectivity index (χ1v) is 4.07. The highest BCUT2D eigenvalue weighted by Gasteiger charge is 2.35. The highest BCUT2D eigenvalue weighted by molar-refractivity contribution is 9.10. The van der Waals surface area contributed by atoms with Crippen LogP contribution in [0.5, 0.6) is 0 Å². The molecule has 0 bridgehead atoms. The van der Waals surface area contributed by atoms with Gasteiger partial charge in [-0.05, 0) is 28.1 Å². The molecular weight excluding hydrogens is 249 g/mol. The lowest BCUT2D eigenvalue weighted by Gasteiger charge is -2.06. The summed E-state index contributed by atoms with van der Waals surface area (Å²) in [5.74, 6) is -2.17. The summed E-state index contributed by atoms with van der Waals surface area (Å²) in [6.07, 6.45) is 0. The van der Waals surface area contributed by atoms with E-state index >= 15 is 0 Å². The highest BCUT2D eigenvalue weighted by atomic mass is 79.9. The third-order valence-electron chi connectivity index (χ3n) is 1.34. The fourth-order valence-electron chi connectivity index (χ4n) is 0.793. The standard InChI is InChI=1S/C8H4BrF3O/c9-8(11,12)7(13)5-2-1-3-6(10)4-5/h1-4H. The molecule has 0 aliphatic carbocycles. The van der Waals surface area contributed by atoms with E-state index in [0.717, 1.165) is 18.2 Å². The highest BCUT2D eigenvalue weighted by Crippen LogP contribution is 2.26. The fraction of sp³-hybridized carbons (Fsp3) is 0.125. The number of halogens is 4. The molecule has 13 heavy (non-hydrogen) atoms. The summed E-state index contributed by atoms with van der Waals surface area (Å²) >= 11 is 1.90. The number of alkyl halides is 3. The lowest BCUT2D eigenvalue weighted by molar-refractivity contribution is 0.0592. The van der Waals surface area contributed by atoms with Crippen molar-refractivity contribution in [2.45, 2.75) is 4.83 Å². The molecule has 1 rings (SSSR count). The van der Waals surface area contributed by atoms with Crippen molar-refractivity contribution in [2.75, 3.05) is 0 Å². The van der Waals surface area contributed by atoms with Crippen molar-refractivity contribution in [3.63, 3.8) is 0 Å². The molecule has 0 radical (unpaired) electrons. The van der Waals surface area contributed by atoms with E-state index in [4.69, 9.17) is 0 Å². The topological polar surface area (TPSA) is 17.1 Å². The van der Waals surface area contributed by atoms with Gasteiger partial charge in [-0.15, -0.1) is 0 Å². The molecule has 1 aromatic carbocycles. The second-order valence-electron chi connectivity index (χ2n) is 2.34. The molecule has 0 aliphatic rings. The molecule has 0 atom stereocenters. The van der Waals surface area contributed by atoms with Crippen LogP contribution < -0.4 is 0 Å². The van der Waals surface area contributed by atoms with Crippen LogP contribution in [-0.2, 0) is 0 Å². The van der Waals surface area contributed by atoms with Gasteiger partial charge in [0.25, 0.3) is 0 Å². The number of ketones is 1. The quantitative estimate of drug-likeness (QED) is 0.584. The average Bonchev–Trinajstić information content (AvgIpc) is 2.01. The first-order chi connectivity index (χ1) is 5.91. The van der Waals surface area contributed by atoms with Crippen LogP contribution in [0.2, 0.25) is 0 Å². The van der Waals surface area contributed by atoms with Crippen LogP contribution in [0.4, 0.5) is 13.2 Å². The third kappa shape index (κ3) is 2.55. The lowest BCUT2D eigenvalue weighted by atomic mass is 10.1. The molecule has 70 valence electrons. The number of hydrogen-bond donors (Lipinski definition) is 0. The van der Waals surface area contributed by atoms with Gasteiger partial charge in [-0.3, -0.25) is 4.79 Å². The lowest BCUT2D eigenvalue weighted by Crippen LogP contribution is -2.20. The minimum Gasteiger partial charge on any atom is -0.286 e. The maximum atomic E-state index is 12.5. The Kier molecular flexibility index (Phi) is 2.75. The Morgan fingerprint density at radius 2 is 2.00 bits per heavy atom. The minimum absolute atomic E-state index is 0.359.